The summed E-state index contributed by atoms with van der Waals surface area (Å²) in [6.07, 6.45) is 3.16. The summed E-state index contributed by atoms with van der Waals surface area (Å²) in [4.78, 5) is 13.7. The van der Waals surface area contributed by atoms with Gasteiger partial charge in [0, 0.05) is 5.92 Å². The molecule has 0 amide bonds. The molecule has 0 aliphatic heterocycles. The number of ether oxygens (including phenoxy) is 1. The fourth-order valence-electron chi connectivity index (χ4n) is 1.96. The molecule has 0 aromatic heterocycles. The van der Waals surface area contributed by atoms with Crippen LogP contribution in [0.25, 0.3) is 0 Å². The summed E-state index contributed by atoms with van der Waals surface area (Å²) in [5, 5.41) is 8.44. The fraction of sp³-hybridized carbons (Fsp3) is 0.125. The Bertz CT molecular complexity index is 663. The van der Waals surface area contributed by atoms with Crippen LogP contribution in [0.5, 0.6) is 5.75 Å². The van der Waals surface area contributed by atoms with Crippen molar-refractivity contribution < 1.29 is 9.53 Å². The molecular formula is C16H12N2O2. The fourth-order valence-corrected chi connectivity index (χ4v) is 1.96. The van der Waals surface area contributed by atoms with E-state index in [0.717, 1.165) is 11.1 Å². The van der Waals surface area contributed by atoms with Crippen molar-refractivity contribution in [1.29, 1.82) is 5.26 Å². The summed E-state index contributed by atoms with van der Waals surface area (Å²) in [6.45, 7) is 2.08. The van der Waals surface area contributed by atoms with Gasteiger partial charge in [-0.05, 0) is 35.4 Å². The highest BCUT2D eigenvalue weighted by molar-refractivity contribution is 5.50. The van der Waals surface area contributed by atoms with Crippen molar-refractivity contribution in [3.63, 3.8) is 0 Å². The molecule has 0 heterocycles. The molecule has 0 aliphatic rings. The summed E-state index contributed by atoms with van der Waals surface area (Å²) in [5.74, 6) is 0.722. The normalized spacial score (nSPS) is 11.0. The maximum absolute atomic E-state index is 10.2. The zero-order chi connectivity index (χ0) is 14.4. The number of benzene rings is 2. The molecule has 0 N–H and O–H groups in total. The van der Waals surface area contributed by atoms with E-state index >= 15 is 0 Å². The van der Waals surface area contributed by atoms with Gasteiger partial charge in [0.15, 0.2) is 0 Å². The molecule has 4 heteroatoms. The van der Waals surface area contributed by atoms with Gasteiger partial charge in [0.25, 0.3) is 6.26 Å². The molecule has 4 nitrogen and oxygen atoms in total. The maximum Gasteiger partial charge on any atom is 0.292 e. The molecule has 0 saturated carbocycles. The molecule has 0 spiro atoms. The minimum absolute atomic E-state index is 0.195. The monoisotopic (exact) mass is 264 g/mol. The van der Waals surface area contributed by atoms with Crippen LogP contribution < -0.4 is 4.74 Å². The van der Waals surface area contributed by atoms with E-state index in [1.165, 1.54) is 6.08 Å². The van der Waals surface area contributed by atoms with Crippen molar-refractivity contribution in [2.45, 2.75) is 12.8 Å². The Morgan fingerprint density at radius 3 is 2.10 bits per heavy atom. The Morgan fingerprint density at radius 2 is 1.60 bits per heavy atom. The topological polar surface area (TPSA) is 62.4 Å². The lowest BCUT2D eigenvalue weighted by Gasteiger charge is -2.12. The van der Waals surface area contributed by atoms with Gasteiger partial charge >= 0.3 is 0 Å². The van der Waals surface area contributed by atoms with Gasteiger partial charge in [-0.15, -0.1) is 5.26 Å². The first-order valence-electron chi connectivity index (χ1n) is 6.08. The van der Waals surface area contributed by atoms with Crippen molar-refractivity contribution in [1.82, 2.24) is 0 Å². The van der Waals surface area contributed by atoms with Crippen molar-refractivity contribution in [2.75, 3.05) is 0 Å². The Kier molecular flexibility index (Phi) is 4.28. The Labute approximate surface area is 117 Å². The Hall–Kier alpha value is -2.89. The summed E-state index contributed by atoms with van der Waals surface area (Å²) in [6, 6.07) is 14.8. The minimum atomic E-state index is 0.195. The third-order valence-electron chi connectivity index (χ3n) is 3.11. The lowest BCUT2D eigenvalue weighted by atomic mass is 9.93. The van der Waals surface area contributed by atoms with E-state index in [1.54, 1.807) is 30.5 Å². The first-order chi connectivity index (χ1) is 9.74. The van der Waals surface area contributed by atoms with E-state index in [9.17, 15) is 4.79 Å². The zero-order valence-electron chi connectivity index (χ0n) is 10.9. The second kappa shape index (κ2) is 6.33. The minimum Gasteiger partial charge on any atom is -0.388 e. The first kappa shape index (κ1) is 13.5. The molecule has 0 fully saturated rings. The molecule has 2 aromatic rings. The first-order valence-corrected chi connectivity index (χ1v) is 6.08. The van der Waals surface area contributed by atoms with Gasteiger partial charge in [-0.25, -0.2) is 4.79 Å². The second-order valence-corrected chi connectivity index (χ2v) is 4.28. The molecule has 1 atom stereocenters. The SMILES string of the molecule is CC(c1ccc(N=C=O)cc1)c1ccc(OC#N)cc1. The quantitative estimate of drug-likeness (QED) is 0.481. The number of carbonyl (C=O) groups excluding carboxylic acids is 1. The Balaban J connectivity index is 2.19. The van der Waals surface area contributed by atoms with Gasteiger partial charge in [0.05, 0.1) is 5.69 Å². The lowest BCUT2D eigenvalue weighted by Crippen LogP contribution is -1.95. The average Bonchev–Trinajstić information content (AvgIpc) is 2.49. The second-order valence-electron chi connectivity index (χ2n) is 4.28. The molecular weight excluding hydrogens is 252 g/mol. The largest absolute Gasteiger partial charge is 0.388 e. The van der Waals surface area contributed by atoms with Crippen molar-refractivity contribution in [3.05, 3.63) is 59.7 Å². The summed E-state index contributed by atoms with van der Waals surface area (Å²) in [5.41, 5.74) is 2.82. The molecule has 0 saturated heterocycles. The molecule has 0 radical (unpaired) electrons. The third kappa shape index (κ3) is 3.11. The van der Waals surface area contributed by atoms with Crippen LogP contribution in [0, 0.1) is 11.5 Å². The van der Waals surface area contributed by atoms with Crippen molar-refractivity contribution in [3.8, 4) is 12.0 Å². The van der Waals surface area contributed by atoms with Gasteiger partial charge in [0.2, 0.25) is 6.08 Å². The lowest BCUT2D eigenvalue weighted by molar-refractivity contribution is 0.507. The number of hydrogen-bond donors (Lipinski definition) is 0. The molecule has 20 heavy (non-hydrogen) atoms. The van der Waals surface area contributed by atoms with Gasteiger partial charge < -0.3 is 4.74 Å². The van der Waals surface area contributed by atoms with Crippen LogP contribution in [-0.4, -0.2) is 6.08 Å². The summed E-state index contributed by atoms with van der Waals surface area (Å²) < 4.78 is 4.75. The summed E-state index contributed by atoms with van der Waals surface area (Å²) in [7, 11) is 0. The number of rotatable bonds is 4. The van der Waals surface area contributed by atoms with E-state index in [2.05, 4.69) is 11.9 Å². The van der Waals surface area contributed by atoms with Crippen molar-refractivity contribution >= 4 is 11.8 Å². The predicted octanol–water partition coefficient (Wildman–Crippen LogP) is 3.67. The van der Waals surface area contributed by atoms with Crippen LogP contribution in [0.2, 0.25) is 0 Å². The number of nitrogens with zero attached hydrogens (tertiary/aromatic N) is 2. The maximum atomic E-state index is 10.2. The van der Waals surface area contributed by atoms with Gasteiger partial charge in [0.1, 0.15) is 5.75 Å². The van der Waals surface area contributed by atoms with Crippen LogP contribution in [0.15, 0.2) is 53.5 Å². The van der Waals surface area contributed by atoms with Crippen LogP contribution in [0.4, 0.5) is 5.69 Å². The van der Waals surface area contributed by atoms with Crippen LogP contribution >= 0.6 is 0 Å². The van der Waals surface area contributed by atoms with E-state index in [0.29, 0.717) is 11.4 Å². The standard InChI is InChI=1S/C16H12N2O2/c1-12(13-2-6-15(7-3-13)18-11-19)14-4-8-16(9-5-14)20-10-17/h2-9,12H,1H3. The third-order valence-corrected chi connectivity index (χ3v) is 3.11. The van der Waals surface area contributed by atoms with E-state index in [1.807, 2.05) is 24.3 Å². The number of aliphatic imine (C=N–C) groups is 1. The Morgan fingerprint density at radius 1 is 1.05 bits per heavy atom. The molecule has 2 aromatic carbocycles. The molecule has 98 valence electrons. The van der Waals surface area contributed by atoms with Crippen LogP contribution in [0.3, 0.4) is 0 Å². The zero-order valence-corrected chi connectivity index (χ0v) is 10.9. The van der Waals surface area contributed by atoms with Gasteiger partial charge in [-0.3, -0.25) is 0 Å². The molecule has 0 bridgehead atoms. The van der Waals surface area contributed by atoms with Crippen LogP contribution in [-0.2, 0) is 4.79 Å². The predicted molar refractivity (Wildman–Crippen MR) is 74.4 cm³/mol. The molecule has 0 aliphatic carbocycles. The smallest absolute Gasteiger partial charge is 0.292 e. The average molecular weight is 264 g/mol. The number of hydrogen-bond acceptors (Lipinski definition) is 4. The highest BCUT2D eigenvalue weighted by Crippen LogP contribution is 2.27. The van der Waals surface area contributed by atoms with Gasteiger partial charge in [-0.1, -0.05) is 31.2 Å². The van der Waals surface area contributed by atoms with Crippen LogP contribution in [0.1, 0.15) is 24.0 Å². The van der Waals surface area contributed by atoms with Gasteiger partial charge in [-0.2, -0.15) is 4.99 Å². The van der Waals surface area contributed by atoms with E-state index in [-0.39, 0.29) is 5.92 Å². The van der Waals surface area contributed by atoms with E-state index < -0.39 is 0 Å². The molecule has 1 unspecified atom stereocenters. The van der Waals surface area contributed by atoms with Crippen molar-refractivity contribution in [2.24, 2.45) is 4.99 Å². The number of nitriles is 1. The summed E-state index contributed by atoms with van der Waals surface area (Å²) >= 11 is 0. The molecule has 2 rings (SSSR count). The highest BCUT2D eigenvalue weighted by Gasteiger charge is 2.08. The van der Waals surface area contributed by atoms with E-state index in [4.69, 9.17) is 10.00 Å². The number of isocyanates is 1. The highest BCUT2D eigenvalue weighted by atomic mass is 16.5.